The highest BCUT2D eigenvalue weighted by atomic mass is 35.5. The summed E-state index contributed by atoms with van der Waals surface area (Å²) < 4.78 is 28.5. The van der Waals surface area contributed by atoms with E-state index in [1.54, 1.807) is 25.4 Å². The Morgan fingerprint density at radius 3 is 2.66 bits per heavy atom. The molecular formula is C30H34ClNO6. The molecule has 38 heavy (non-hydrogen) atoms. The van der Waals surface area contributed by atoms with Gasteiger partial charge >= 0.3 is 0 Å². The van der Waals surface area contributed by atoms with Crippen LogP contribution in [0.15, 0.2) is 42.6 Å². The number of rotatable bonds is 14. The second kappa shape index (κ2) is 12.8. The van der Waals surface area contributed by atoms with E-state index in [1.165, 1.54) is 19.3 Å². The van der Waals surface area contributed by atoms with E-state index < -0.39 is 0 Å². The molecule has 0 amide bonds. The van der Waals surface area contributed by atoms with E-state index in [0.29, 0.717) is 67.3 Å². The summed E-state index contributed by atoms with van der Waals surface area (Å²) in [5.74, 6) is 3.39. The molecule has 2 aliphatic rings. The Kier molecular flexibility index (Phi) is 8.99. The van der Waals surface area contributed by atoms with Crippen molar-refractivity contribution in [2.45, 2.75) is 51.0 Å². The van der Waals surface area contributed by atoms with Crippen molar-refractivity contribution in [1.82, 2.24) is 4.98 Å². The molecule has 1 aliphatic carbocycles. The van der Waals surface area contributed by atoms with E-state index in [9.17, 15) is 4.79 Å². The summed E-state index contributed by atoms with van der Waals surface area (Å²) in [5.41, 5.74) is 1.55. The molecule has 8 heteroatoms. The Bertz CT molecular complexity index is 1260. The number of hydrogen-bond acceptors (Lipinski definition) is 7. The van der Waals surface area contributed by atoms with Crippen molar-refractivity contribution in [3.8, 4) is 23.0 Å². The normalized spacial score (nSPS) is 15.6. The highest BCUT2D eigenvalue weighted by molar-refractivity contribution is 6.31. The molecular weight excluding hydrogens is 506 g/mol. The average molecular weight is 540 g/mol. The number of ketones is 1. The Morgan fingerprint density at radius 1 is 1.08 bits per heavy atom. The molecule has 0 atom stereocenters. The van der Waals surface area contributed by atoms with Crippen molar-refractivity contribution in [3.05, 3.63) is 53.2 Å². The zero-order valence-electron chi connectivity index (χ0n) is 21.7. The van der Waals surface area contributed by atoms with E-state index in [-0.39, 0.29) is 11.9 Å². The van der Waals surface area contributed by atoms with E-state index in [4.69, 9.17) is 35.3 Å². The van der Waals surface area contributed by atoms with Gasteiger partial charge in [0.05, 0.1) is 39.1 Å². The van der Waals surface area contributed by atoms with Crippen LogP contribution in [0, 0.1) is 5.92 Å². The van der Waals surface area contributed by atoms with Crippen molar-refractivity contribution in [2.24, 2.45) is 5.92 Å². The molecule has 0 spiro atoms. The Labute approximate surface area is 228 Å². The third-order valence-electron chi connectivity index (χ3n) is 7.19. The van der Waals surface area contributed by atoms with Crippen LogP contribution in [-0.2, 0) is 20.7 Å². The molecule has 0 radical (unpaired) electrons. The molecule has 5 rings (SSSR count). The van der Waals surface area contributed by atoms with Crippen molar-refractivity contribution >= 4 is 28.3 Å². The van der Waals surface area contributed by atoms with Gasteiger partial charge in [-0.15, -0.1) is 0 Å². The fourth-order valence-corrected chi connectivity index (χ4v) is 4.84. The second-order valence-corrected chi connectivity index (χ2v) is 10.4. The lowest BCUT2D eigenvalue weighted by Gasteiger charge is -2.25. The zero-order valence-corrected chi connectivity index (χ0v) is 22.5. The van der Waals surface area contributed by atoms with E-state index in [0.717, 1.165) is 35.2 Å². The van der Waals surface area contributed by atoms with Gasteiger partial charge in [-0.05, 0) is 42.2 Å². The molecule has 202 valence electrons. The summed E-state index contributed by atoms with van der Waals surface area (Å²) in [5, 5.41) is 1.32. The first-order chi connectivity index (χ1) is 18.6. The maximum atomic E-state index is 12.4. The molecule has 0 N–H and O–H groups in total. The Balaban J connectivity index is 1.22. The summed E-state index contributed by atoms with van der Waals surface area (Å²) in [7, 11) is 1.61. The molecule has 1 aromatic heterocycles. The maximum Gasteiger partial charge on any atom is 0.163 e. The maximum absolute atomic E-state index is 12.4. The van der Waals surface area contributed by atoms with Crippen molar-refractivity contribution in [3.63, 3.8) is 0 Å². The second-order valence-electron chi connectivity index (χ2n) is 9.97. The predicted molar refractivity (Wildman–Crippen MR) is 146 cm³/mol. The fourth-order valence-electron chi connectivity index (χ4n) is 4.60. The number of pyridine rings is 1. The predicted octanol–water partition coefficient (Wildman–Crippen LogP) is 6.57. The van der Waals surface area contributed by atoms with Crippen LogP contribution in [0.5, 0.6) is 23.0 Å². The molecule has 1 saturated heterocycles. The minimum atomic E-state index is 0.211. The van der Waals surface area contributed by atoms with Crippen molar-refractivity contribution in [2.75, 3.05) is 33.5 Å². The number of methoxy groups -OCH3 is 1. The van der Waals surface area contributed by atoms with Crippen LogP contribution in [0.2, 0.25) is 5.02 Å². The van der Waals surface area contributed by atoms with Crippen LogP contribution in [0.25, 0.3) is 10.9 Å². The van der Waals surface area contributed by atoms with Gasteiger partial charge in [0.25, 0.3) is 0 Å². The lowest BCUT2D eigenvalue weighted by atomic mass is 9.81. The summed E-state index contributed by atoms with van der Waals surface area (Å²) in [4.78, 5) is 16.9. The molecule has 1 aliphatic heterocycles. The smallest absolute Gasteiger partial charge is 0.163 e. The first kappa shape index (κ1) is 26.7. The minimum Gasteiger partial charge on any atom is -0.493 e. The third-order valence-corrected chi connectivity index (χ3v) is 7.54. The van der Waals surface area contributed by atoms with Gasteiger partial charge in [-0.3, -0.25) is 9.78 Å². The number of fused-ring (bicyclic) bond motifs is 1. The van der Waals surface area contributed by atoms with Crippen LogP contribution in [0.3, 0.4) is 0 Å². The molecule has 0 unspecified atom stereocenters. The third kappa shape index (κ3) is 6.76. The average Bonchev–Trinajstić information content (AvgIpc) is 2.85. The molecule has 2 heterocycles. The number of carbonyl (C=O) groups is 1. The molecule has 3 aromatic rings. The number of Topliss-reactive ketones (excluding diaryl/α,β-unsaturated/α-hetero) is 1. The Hall–Kier alpha value is -2.87. The number of carbonyl (C=O) groups excluding carboxylic acids is 1. The van der Waals surface area contributed by atoms with Crippen LogP contribution >= 0.6 is 11.6 Å². The minimum absolute atomic E-state index is 0.211. The molecule has 0 bridgehead atoms. The van der Waals surface area contributed by atoms with E-state index in [2.05, 4.69) is 4.98 Å². The number of hydrogen-bond donors (Lipinski definition) is 0. The lowest BCUT2D eigenvalue weighted by molar-refractivity contribution is -0.130. The lowest BCUT2D eigenvalue weighted by Crippen LogP contribution is -2.36. The van der Waals surface area contributed by atoms with Gasteiger partial charge in [-0.25, -0.2) is 0 Å². The SMILES string of the molecule is COc1cc2c(Oc3ccc(CC(=O)CCC4CCC4)c(Cl)c3)ccnc2cc1OCCCOC1COC1. The number of nitrogens with zero attached hydrogens (tertiary/aromatic N) is 1. The number of aromatic nitrogens is 1. The van der Waals surface area contributed by atoms with Gasteiger partial charge in [-0.1, -0.05) is 36.9 Å². The molecule has 2 fully saturated rings. The van der Waals surface area contributed by atoms with Gasteiger partial charge in [0, 0.05) is 41.9 Å². The summed E-state index contributed by atoms with van der Waals surface area (Å²) in [6.45, 7) is 2.47. The van der Waals surface area contributed by atoms with Gasteiger partial charge in [0.15, 0.2) is 11.5 Å². The van der Waals surface area contributed by atoms with Crippen LogP contribution in [0.1, 0.15) is 44.1 Å². The summed E-state index contributed by atoms with van der Waals surface area (Å²) in [6, 6.07) is 11.0. The van der Waals surface area contributed by atoms with Gasteiger partial charge in [0.1, 0.15) is 23.4 Å². The first-order valence-corrected chi connectivity index (χ1v) is 13.7. The van der Waals surface area contributed by atoms with Crippen LogP contribution in [-0.4, -0.2) is 50.4 Å². The van der Waals surface area contributed by atoms with Crippen molar-refractivity contribution < 1.29 is 28.5 Å². The Morgan fingerprint density at radius 2 is 1.95 bits per heavy atom. The number of benzene rings is 2. The molecule has 1 saturated carbocycles. The number of halogens is 1. The monoisotopic (exact) mass is 539 g/mol. The van der Waals surface area contributed by atoms with E-state index >= 15 is 0 Å². The summed E-state index contributed by atoms with van der Waals surface area (Å²) >= 11 is 6.53. The van der Waals surface area contributed by atoms with Gasteiger partial charge in [0.2, 0.25) is 0 Å². The zero-order chi connectivity index (χ0) is 26.3. The highest BCUT2D eigenvalue weighted by Gasteiger charge is 2.20. The topological polar surface area (TPSA) is 76.1 Å². The van der Waals surface area contributed by atoms with Gasteiger partial charge < -0.3 is 23.7 Å². The van der Waals surface area contributed by atoms with Crippen LogP contribution in [0.4, 0.5) is 0 Å². The summed E-state index contributed by atoms with van der Waals surface area (Å²) in [6.07, 6.45) is 8.46. The highest BCUT2D eigenvalue weighted by Crippen LogP contribution is 2.38. The molecule has 7 nitrogen and oxygen atoms in total. The quantitative estimate of drug-likeness (QED) is 0.214. The van der Waals surface area contributed by atoms with Crippen molar-refractivity contribution in [1.29, 1.82) is 0 Å². The van der Waals surface area contributed by atoms with Crippen LogP contribution < -0.4 is 14.2 Å². The fraction of sp³-hybridized carbons (Fsp3) is 0.467. The van der Waals surface area contributed by atoms with E-state index in [1.807, 2.05) is 24.3 Å². The molecule has 2 aromatic carbocycles. The van der Waals surface area contributed by atoms with Gasteiger partial charge in [-0.2, -0.15) is 0 Å². The largest absolute Gasteiger partial charge is 0.493 e. The number of ether oxygens (including phenoxy) is 5. The standard InChI is InChI=1S/C30H34ClNO6/c1-34-29-16-25-27(17-30(29)37-13-3-12-36-24-18-35-19-24)32-11-10-28(25)38-23-9-7-21(26(31)15-23)14-22(33)8-6-20-4-2-5-20/h7,9-11,15-17,20,24H,2-6,8,12-14,18-19H2,1H3. The first-order valence-electron chi connectivity index (χ1n) is 13.4.